The van der Waals surface area contributed by atoms with Gasteiger partial charge in [-0.2, -0.15) is 11.3 Å². The maximum atomic E-state index is 5.50. The Morgan fingerprint density at radius 1 is 0.735 bits per heavy atom. The van der Waals surface area contributed by atoms with Crippen molar-refractivity contribution in [2.45, 2.75) is 0 Å². The van der Waals surface area contributed by atoms with Gasteiger partial charge in [0.15, 0.2) is 10.9 Å². The number of thiophene rings is 1. The average Bonchev–Trinajstić information content (AvgIpc) is 3.42. The van der Waals surface area contributed by atoms with Crippen LogP contribution in [-0.4, -0.2) is 25.3 Å². The molecule has 5 rings (SSSR count). The molecule has 0 atom stereocenters. The van der Waals surface area contributed by atoms with E-state index in [1.807, 2.05) is 84.2 Å². The SMILES string of the molecule is S=C(Nc1ccc(-c2ccccc2)nn1)Nc1ccccc1Nc1nccc(-c2ccsc2)n1. The number of hydrogen-bond donors (Lipinski definition) is 3. The first-order chi connectivity index (χ1) is 16.7. The van der Waals surface area contributed by atoms with Crippen LogP contribution in [-0.2, 0) is 0 Å². The monoisotopic (exact) mass is 481 g/mol. The molecule has 0 amide bonds. The number of benzene rings is 2. The van der Waals surface area contributed by atoms with Crippen molar-refractivity contribution in [3.05, 3.63) is 95.8 Å². The minimum absolute atomic E-state index is 0.393. The molecule has 3 aromatic heterocycles. The van der Waals surface area contributed by atoms with Crippen LogP contribution in [0.1, 0.15) is 0 Å². The molecule has 3 N–H and O–H groups in total. The molecule has 0 saturated carbocycles. The number of nitrogens with zero attached hydrogens (tertiary/aromatic N) is 4. The van der Waals surface area contributed by atoms with Crippen molar-refractivity contribution in [3.63, 3.8) is 0 Å². The molecule has 0 aliphatic rings. The van der Waals surface area contributed by atoms with Crippen LogP contribution in [0.15, 0.2) is 95.8 Å². The molecule has 5 aromatic rings. The van der Waals surface area contributed by atoms with Crippen molar-refractivity contribution in [2.24, 2.45) is 0 Å². The quantitative estimate of drug-likeness (QED) is 0.247. The number of rotatable bonds is 6. The van der Waals surface area contributed by atoms with Crippen molar-refractivity contribution >= 4 is 51.8 Å². The highest BCUT2D eigenvalue weighted by molar-refractivity contribution is 7.80. The van der Waals surface area contributed by atoms with Gasteiger partial charge in [0, 0.05) is 22.7 Å². The maximum Gasteiger partial charge on any atom is 0.227 e. The standard InChI is InChI=1S/C25H19N7S2/c33-25(30-23-11-10-20(31-32-23)17-6-2-1-3-7-17)29-22-9-5-4-8-21(22)28-24-26-14-12-19(27-24)18-13-15-34-16-18/h1-16H,(H,26,27,28)(H2,29,30,32,33). The lowest BCUT2D eigenvalue weighted by Gasteiger charge is -2.14. The third kappa shape index (κ3) is 5.22. The summed E-state index contributed by atoms with van der Waals surface area (Å²) in [7, 11) is 0. The maximum absolute atomic E-state index is 5.50. The van der Waals surface area contributed by atoms with Crippen LogP contribution < -0.4 is 16.0 Å². The molecule has 9 heteroatoms. The molecule has 2 aromatic carbocycles. The minimum atomic E-state index is 0.393. The molecule has 7 nitrogen and oxygen atoms in total. The minimum Gasteiger partial charge on any atom is -0.331 e. The molecule has 166 valence electrons. The van der Waals surface area contributed by atoms with E-state index in [0.29, 0.717) is 16.9 Å². The van der Waals surface area contributed by atoms with Crippen molar-refractivity contribution in [1.29, 1.82) is 0 Å². The second-order valence-corrected chi connectivity index (χ2v) is 8.39. The predicted molar refractivity (Wildman–Crippen MR) is 142 cm³/mol. The molecule has 0 spiro atoms. The summed E-state index contributed by atoms with van der Waals surface area (Å²) in [6.45, 7) is 0. The number of aromatic nitrogens is 4. The Hall–Kier alpha value is -4.21. The second kappa shape index (κ2) is 10.2. The Balaban J connectivity index is 1.27. The number of hydrogen-bond acceptors (Lipinski definition) is 7. The smallest absolute Gasteiger partial charge is 0.227 e. The highest BCUT2D eigenvalue weighted by Gasteiger charge is 2.09. The summed E-state index contributed by atoms with van der Waals surface area (Å²) >= 11 is 7.13. The fourth-order valence-electron chi connectivity index (χ4n) is 3.24. The zero-order chi connectivity index (χ0) is 23.2. The van der Waals surface area contributed by atoms with Crippen LogP contribution in [0, 0.1) is 0 Å². The Kier molecular flexibility index (Phi) is 6.46. The van der Waals surface area contributed by atoms with Gasteiger partial charge < -0.3 is 16.0 Å². The van der Waals surface area contributed by atoms with Crippen LogP contribution in [0.3, 0.4) is 0 Å². The Bertz CT molecular complexity index is 1390. The molecule has 0 aliphatic carbocycles. The summed E-state index contributed by atoms with van der Waals surface area (Å²) in [4.78, 5) is 8.97. The van der Waals surface area contributed by atoms with E-state index in [2.05, 4.69) is 41.5 Å². The van der Waals surface area contributed by atoms with E-state index in [9.17, 15) is 0 Å². The van der Waals surface area contributed by atoms with Crippen LogP contribution in [0.4, 0.5) is 23.1 Å². The molecular weight excluding hydrogens is 462 g/mol. The first-order valence-corrected chi connectivity index (χ1v) is 11.8. The van der Waals surface area contributed by atoms with Gasteiger partial charge in [-0.25, -0.2) is 9.97 Å². The summed E-state index contributed by atoms with van der Waals surface area (Å²) in [6.07, 6.45) is 1.74. The molecule has 0 saturated heterocycles. The molecule has 3 heterocycles. The Morgan fingerprint density at radius 2 is 1.56 bits per heavy atom. The zero-order valence-electron chi connectivity index (χ0n) is 17.8. The summed E-state index contributed by atoms with van der Waals surface area (Å²) in [6, 6.07) is 25.3. The Morgan fingerprint density at radius 3 is 2.32 bits per heavy atom. The number of para-hydroxylation sites is 2. The predicted octanol–water partition coefficient (Wildman–Crippen LogP) is 6.21. The fourth-order valence-corrected chi connectivity index (χ4v) is 4.11. The molecule has 0 aliphatic heterocycles. The largest absolute Gasteiger partial charge is 0.331 e. The van der Waals surface area contributed by atoms with Gasteiger partial charge in [-0.3, -0.25) is 0 Å². The van der Waals surface area contributed by atoms with Gasteiger partial charge in [-0.15, -0.1) is 10.2 Å². The molecule has 34 heavy (non-hydrogen) atoms. The van der Waals surface area contributed by atoms with Gasteiger partial charge in [0.25, 0.3) is 0 Å². The summed E-state index contributed by atoms with van der Waals surface area (Å²) < 4.78 is 0. The fraction of sp³-hybridized carbons (Fsp3) is 0. The molecular formula is C25H19N7S2. The molecule has 0 unspecified atom stereocenters. The van der Waals surface area contributed by atoms with E-state index in [0.717, 1.165) is 33.9 Å². The number of anilines is 4. The summed E-state index contributed by atoms with van der Waals surface area (Å²) in [5, 5.41) is 22.5. The van der Waals surface area contributed by atoms with Crippen molar-refractivity contribution < 1.29 is 0 Å². The number of thiocarbonyl (C=S) groups is 1. The van der Waals surface area contributed by atoms with Crippen LogP contribution in [0.5, 0.6) is 0 Å². The van der Waals surface area contributed by atoms with Crippen LogP contribution in [0.2, 0.25) is 0 Å². The highest BCUT2D eigenvalue weighted by atomic mass is 32.1. The zero-order valence-corrected chi connectivity index (χ0v) is 19.5. The second-order valence-electron chi connectivity index (χ2n) is 7.20. The third-order valence-corrected chi connectivity index (χ3v) is 5.76. The van der Waals surface area contributed by atoms with E-state index in [1.54, 1.807) is 17.5 Å². The van der Waals surface area contributed by atoms with Crippen molar-refractivity contribution in [3.8, 4) is 22.5 Å². The van der Waals surface area contributed by atoms with Gasteiger partial charge >= 0.3 is 0 Å². The van der Waals surface area contributed by atoms with Gasteiger partial charge in [-0.05, 0) is 54.0 Å². The topological polar surface area (TPSA) is 87.7 Å². The van der Waals surface area contributed by atoms with Gasteiger partial charge in [-0.1, -0.05) is 42.5 Å². The van der Waals surface area contributed by atoms with E-state index in [-0.39, 0.29) is 0 Å². The van der Waals surface area contributed by atoms with E-state index in [1.165, 1.54) is 0 Å². The number of nitrogens with one attached hydrogen (secondary N) is 3. The van der Waals surface area contributed by atoms with Crippen molar-refractivity contribution in [2.75, 3.05) is 16.0 Å². The third-order valence-electron chi connectivity index (χ3n) is 4.87. The van der Waals surface area contributed by atoms with E-state index >= 15 is 0 Å². The first-order valence-electron chi connectivity index (χ1n) is 10.4. The lowest BCUT2D eigenvalue weighted by Crippen LogP contribution is -2.20. The van der Waals surface area contributed by atoms with Gasteiger partial charge in [0.2, 0.25) is 5.95 Å². The first kappa shape index (κ1) is 21.6. The van der Waals surface area contributed by atoms with Crippen LogP contribution in [0.25, 0.3) is 22.5 Å². The normalized spacial score (nSPS) is 10.5. The molecule has 0 bridgehead atoms. The summed E-state index contributed by atoms with van der Waals surface area (Å²) in [5.74, 6) is 1.05. The highest BCUT2D eigenvalue weighted by Crippen LogP contribution is 2.26. The van der Waals surface area contributed by atoms with E-state index in [4.69, 9.17) is 12.2 Å². The lowest BCUT2D eigenvalue weighted by atomic mass is 10.1. The molecule has 0 fully saturated rings. The molecule has 0 radical (unpaired) electrons. The average molecular weight is 482 g/mol. The van der Waals surface area contributed by atoms with Gasteiger partial charge in [0.1, 0.15) is 0 Å². The Labute approximate surface area is 206 Å². The van der Waals surface area contributed by atoms with Crippen LogP contribution >= 0.6 is 23.6 Å². The van der Waals surface area contributed by atoms with E-state index < -0.39 is 0 Å². The van der Waals surface area contributed by atoms with Crippen molar-refractivity contribution in [1.82, 2.24) is 20.2 Å². The lowest BCUT2D eigenvalue weighted by molar-refractivity contribution is 1.05. The van der Waals surface area contributed by atoms with Gasteiger partial charge in [0.05, 0.1) is 22.8 Å². The summed E-state index contributed by atoms with van der Waals surface area (Å²) in [5.41, 5.74) is 5.29.